The minimum Gasteiger partial charge on any atom is -0.509 e. The van der Waals surface area contributed by atoms with E-state index >= 15 is 0 Å². The van der Waals surface area contributed by atoms with Gasteiger partial charge in [0.15, 0.2) is 0 Å². The Morgan fingerprint density at radius 3 is 2.70 bits per heavy atom. The zero-order valence-electron chi connectivity index (χ0n) is 5.89. The van der Waals surface area contributed by atoms with Gasteiger partial charge in [-0.25, -0.2) is 0 Å². The van der Waals surface area contributed by atoms with Crippen LogP contribution in [0, 0.1) is 0 Å². The van der Waals surface area contributed by atoms with Crippen molar-refractivity contribution in [1.29, 1.82) is 0 Å². The fourth-order valence-corrected chi connectivity index (χ4v) is 0.984. The molecule has 0 radical (unpaired) electrons. The summed E-state index contributed by atoms with van der Waals surface area (Å²) in [4.78, 5) is 10.4. The summed E-state index contributed by atoms with van der Waals surface area (Å²) in [5.41, 5.74) is 0. The average Bonchev–Trinajstić information content (AvgIpc) is 2.15. The third kappa shape index (κ3) is 1.50. The number of ether oxygens (including phenoxy) is 1. The second-order valence-electron chi connectivity index (χ2n) is 2.32. The summed E-state index contributed by atoms with van der Waals surface area (Å²) in [5, 5.41) is 9.04. The summed E-state index contributed by atoms with van der Waals surface area (Å²) < 4.78 is 4.71. The lowest BCUT2D eigenvalue weighted by molar-refractivity contribution is -0.137. The molecule has 0 amide bonds. The molecule has 0 saturated carbocycles. The highest BCUT2D eigenvalue weighted by atomic mass is 16.5. The van der Waals surface area contributed by atoms with Gasteiger partial charge in [0, 0.05) is 19.8 Å². The van der Waals surface area contributed by atoms with Crippen LogP contribution in [0.25, 0.3) is 0 Å². The van der Waals surface area contributed by atoms with Crippen LogP contribution in [0.15, 0.2) is 11.5 Å². The van der Waals surface area contributed by atoms with Crippen LogP contribution in [-0.4, -0.2) is 11.1 Å². The van der Waals surface area contributed by atoms with E-state index in [2.05, 4.69) is 0 Å². The van der Waals surface area contributed by atoms with Crippen molar-refractivity contribution >= 4 is 5.97 Å². The molecule has 0 aromatic heterocycles. The molecule has 0 aromatic rings. The minimum atomic E-state index is -0.358. The standard InChI is InChI=1S/C7H10O3/c1-5(8)10-7-4-2-3-6(7)9/h9H,2-4H2,1H3. The quantitative estimate of drug-likeness (QED) is 0.564. The van der Waals surface area contributed by atoms with Gasteiger partial charge < -0.3 is 9.84 Å². The molecular formula is C7H10O3. The number of allylic oxidation sites excluding steroid dienone is 2. The Balaban J connectivity index is 2.54. The van der Waals surface area contributed by atoms with Gasteiger partial charge in [-0.3, -0.25) is 4.79 Å². The highest BCUT2D eigenvalue weighted by Crippen LogP contribution is 2.24. The van der Waals surface area contributed by atoms with Gasteiger partial charge in [-0.1, -0.05) is 0 Å². The number of carbonyl (C=O) groups excluding carboxylic acids is 1. The van der Waals surface area contributed by atoms with Crippen LogP contribution in [0.2, 0.25) is 0 Å². The fraction of sp³-hybridized carbons (Fsp3) is 0.571. The lowest BCUT2D eigenvalue weighted by Gasteiger charge is -2.00. The lowest BCUT2D eigenvalue weighted by atomic mass is 10.3. The molecule has 0 atom stereocenters. The molecule has 0 spiro atoms. The van der Waals surface area contributed by atoms with Crippen LogP contribution in [0.3, 0.4) is 0 Å². The van der Waals surface area contributed by atoms with Crippen LogP contribution < -0.4 is 0 Å². The molecule has 0 bridgehead atoms. The van der Waals surface area contributed by atoms with E-state index in [0.29, 0.717) is 18.6 Å². The van der Waals surface area contributed by atoms with Crippen LogP contribution in [0.1, 0.15) is 26.2 Å². The zero-order chi connectivity index (χ0) is 7.56. The Morgan fingerprint density at radius 2 is 2.30 bits per heavy atom. The van der Waals surface area contributed by atoms with Crippen molar-refractivity contribution in [3.05, 3.63) is 11.5 Å². The molecule has 3 heteroatoms. The maximum absolute atomic E-state index is 10.4. The third-order valence-corrected chi connectivity index (χ3v) is 1.41. The Labute approximate surface area is 59.3 Å². The molecule has 1 rings (SSSR count). The fourth-order valence-electron chi connectivity index (χ4n) is 0.984. The molecule has 0 aromatic carbocycles. The van der Waals surface area contributed by atoms with Gasteiger partial charge in [-0.2, -0.15) is 0 Å². The second-order valence-corrected chi connectivity index (χ2v) is 2.32. The summed E-state index contributed by atoms with van der Waals surface area (Å²) in [5.74, 6) is 0.325. The van der Waals surface area contributed by atoms with Gasteiger partial charge in [0.25, 0.3) is 0 Å². The van der Waals surface area contributed by atoms with Crippen molar-refractivity contribution < 1.29 is 14.6 Å². The number of aliphatic hydroxyl groups excluding tert-OH is 1. The topological polar surface area (TPSA) is 46.5 Å². The summed E-state index contributed by atoms with van der Waals surface area (Å²) in [6.07, 6.45) is 2.21. The first-order valence-electron chi connectivity index (χ1n) is 3.29. The molecule has 1 N–H and O–H groups in total. The van der Waals surface area contributed by atoms with E-state index in [-0.39, 0.29) is 11.7 Å². The number of aliphatic hydroxyl groups is 1. The molecular weight excluding hydrogens is 132 g/mol. The predicted molar refractivity (Wildman–Crippen MR) is 35.3 cm³/mol. The molecule has 1 aliphatic carbocycles. The summed E-state index contributed by atoms with van der Waals surface area (Å²) >= 11 is 0. The van der Waals surface area contributed by atoms with Crippen LogP contribution in [0.5, 0.6) is 0 Å². The Bertz CT molecular complexity index is 181. The number of carbonyl (C=O) groups is 1. The van der Waals surface area contributed by atoms with E-state index in [1.54, 1.807) is 0 Å². The Hall–Kier alpha value is -0.990. The molecule has 0 unspecified atom stereocenters. The summed E-state index contributed by atoms with van der Waals surface area (Å²) in [6, 6.07) is 0. The van der Waals surface area contributed by atoms with E-state index in [1.165, 1.54) is 6.92 Å². The van der Waals surface area contributed by atoms with Gasteiger partial charge in [0.05, 0.1) is 0 Å². The third-order valence-electron chi connectivity index (χ3n) is 1.41. The van der Waals surface area contributed by atoms with Crippen LogP contribution in [0.4, 0.5) is 0 Å². The van der Waals surface area contributed by atoms with E-state index in [0.717, 1.165) is 6.42 Å². The first kappa shape index (κ1) is 7.12. The number of rotatable bonds is 1. The first-order chi connectivity index (χ1) is 4.70. The van der Waals surface area contributed by atoms with Gasteiger partial charge >= 0.3 is 5.97 Å². The largest absolute Gasteiger partial charge is 0.509 e. The summed E-state index contributed by atoms with van der Waals surface area (Å²) in [7, 11) is 0. The first-order valence-corrected chi connectivity index (χ1v) is 3.29. The molecule has 10 heavy (non-hydrogen) atoms. The van der Waals surface area contributed by atoms with Crippen molar-refractivity contribution in [3.8, 4) is 0 Å². The monoisotopic (exact) mass is 142 g/mol. The average molecular weight is 142 g/mol. The molecule has 0 heterocycles. The summed E-state index contributed by atoms with van der Waals surface area (Å²) in [6.45, 7) is 1.33. The van der Waals surface area contributed by atoms with Gasteiger partial charge in [-0.05, 0) is 6.42 Å². The van der Waals surface area contributed by atoms with Crippen molar-refractivity contribution in [1.82, 2.24) is 0 Å². The van der Waals surface area contributed by atoms with Crippen molar-refractivity contribution in [3.63, 3.8) is 0 Å². The lowest BCUT2D eigenvalue weighted by Crippen LogP contribution is -1.98. The predicted octanol–water partition coefficient (Wildman–Crippen LogP) is 1.50. The molecule has 3 nitrogen and oxygen atoms in total. The van der Waals surface area contributed by atoms with E-state index < -0.39 is 0 Å². The highest BCUT2D eigenvalue weighted by Gasteiger charge is 2.15. The Kier molecular flexibility index (Phi) is 1.94. The second kappa shape index (κ2) is 2.73. The van der Waals surface area contributed by atoms with E-state index in [4.69, 9.17) is 9.84 Å². The molecule has 0 aliphatic heterocycles. The van der Waals surface area contributed by atoms with Gasteiger partial charge in [-0.15, -0.1) is 0 Å². The van der Waals surface area contributed by atoms with Crippen LogP contribution in [-0.2, 0) is 9.53 Å². The molecule has 56 valence electrons. The number of hydrogen-bond donors (Lipinski definition) is 1. The maximum atomic E-state index is 10.4. The normalized spacial score (nSPS) is 17.7. The maximum Gasteiger partial charge on any atom is 0.307 e. The number of hydrogen-bond acceptors (Lipinski definition) is 3. The SMILES string of the molecule is CC(=O)OC1=C(O)CCC1. The van der Waals surface area contributed by atoms with Crippen LogP contribution >= 0.6 is 0 Å². The highest BCUT2D eigenvalue weighted by molar-refractivity contribution is 5.67. The van der Waals surface area contributed by atoms with E-state index in [1.807, 2.05) is 0 Å². The van der Waals surface area contributed by atoms with Gasteiger partial charge in [0.2, 0.25) is 0 Å². The van der Waals surface area contributed by atoms with Crippen molar-refractivity contribution in [2.24, 2.45) is 0 Å². The molecule has 1 aliphatic rings. The van der Waals surface area contributed by atoms with Crippen molar-refractivity contribution in [2.75, 3.05) is 0 Å². The van der Waals surface area contributed by atoms with E-state index in [9.17, 15) is 4.79 Å². The smallest absolute Gasteiger partial charge is 0.307 e. The van der Waals surface area contributed by atoms with Crippen molar-refractivity contribution in [2.45, 2.75) is 26.2 Å². The zero-order valence-corrected chi connectivity index (χ0v) is 5.89. The molecule has 0 saturated heterocycles. The Morgan fingerprint density at radius 1 is 1.60 bits per heavy atom. The minimum absolute atomic E-state index is 0.232. The van der Waals surface area contributed by atoms with Gasteiger partial charge in [0.1, 0.15) is 11.5 Å². The number of esters is 1. The molecule has 0 fully saturated rings.